The Labute approximate surface area is 85.3 Å². The molecule has 0 radical (unpaired) electrons. The molecular formula is C12H16N2. The van der Waals surface area contributed by atoms with Crippen molar-refractivity contribution in [2.45, 2.75) is 12.8 Å². The van der Waals surface area contributed by atoms with Crippen LogP contribution in [-0.4, -0.2) is 30.9 Å². The predicted molar refractivity (Wildman–Crippen MR) is 59.7 cm³/mol. The fraction of sp³-hybridized carbons (Fsp3) is 0.417. The average Bonchev–Trinajstić information content (AvgIpc) is 2.29. The van der Waals surface area contributed by atoms with E-state index in [1.54, 1.807) is 0 Å². The molecule has 1 aromatic rings. The van der Waals surface area contributed by atoms with Gasteiger partial charge in [0, 0.05) is 19.6 Å². The maximum Gasteiger partial charge on any atom is 0.0849 e. The zero-order valence-corrected chi connectivity index (χ0v) is 8.39. The SMILES string of the molecule is C1=NCCCN1CCc1ccccc1. The molecule has 2 heteroatoms. The van der Waals surface area contributed by atoms with Crippen molar-refractivity contribution in [3.05, 3.63) is 35.9 Å². The molecule has 0 atom stereocenters. The first kappa shape index (κ1) is 9.25. The van der Waals surface area contributed by atoms with Crippen LogP contribution in [0.5, 0.6) is 0 Å². The molecule has 0 N–H and O–H groups in total. The molecule has 74 valence electrons. The summed E-state index contributed by atoms with van der Waals surface area (Å²) in [6, 6.07) is 10.6. The number of hydrogen-bond acceptors (Lipinski definition) is 2. The van der Waals surface area contributed by atoms with Gasteiger partial charge in [0.25, 0.3) is 0 Å². The van der Waals surface area contributed by atoms with Gasteiger partial charge in [-0.25, -0.2) is 0 Å². The van der Waals surface area contributed by atoms with E-state index in [2.05, 4.69) is 40.2 Å². The van der Waals surface area contributed by atoms with Gasteiger partial charge in [0.2, 0.25) is 0 Å². The van der Waals surface area contributed by atoms with E-state index in [0.29, 0.717) is 0 Å². The van der Waals surface area contributed by atoms with Crippen molar-refractivity contribution in [1.82, 2.24) is 4.90 Å². The zero-order valence-electron chi connectivity index (χ0n) is 8.39. The summed E-state index contributed by atoms with van der Waals surface area (Å²) in [6.07, 6.45) is 4.31. The van der Waals surface area contributed by atoms with Crippen molar-refractivity contribution >= 4 is 6.34 Å². The highest BCUT2D eigenvalue weighted by molar-refractivity contribution is 5.55. The van der Waals surface area contributed by atoms with E-state index in [0.717, 1.165) is 26.1 Å². The summed E-state index contributed by atoms with van der Waals surface area (Å²) < 4.78 is 0. The van der Waals surface area contributed by atoms with Crippen molar-refractivity contribution in [2.75, 3.05) is 19.6 Å². The maximum atomic E-state index is 4.27. The number of aliphatic imine (C=N–C) groups is 1. The summed E-state index contributed by atoms with van der Waals surface area (Å²) in [5.41, 5.74) is 1.41. The van der Waals surface area contributed by atoms with Crippen molar-refractivity contribution < 1.29 is 0 Å². The van der Waals surface area contributed by atoms with E-state index >= 15 is 0 Å². The second-order valence-corrected chi connectivity index (χ2v) is 3.65. The van der Waals surface area contributed by atoms with Gasteiger partial charge in [-0.2, -0.15) is 0 Å². The van der Waals surface area contributed by atoms with Gasteiger partial charge in [-0.3, -0.25) is 4.99 Å². The third kappa shape index (κ3) is 2.59. The van der Waals surface area contributed by atoms with Crippen LogP contribution in [0.3, 0.4) is 0 Å². The van der Waals surface area contributed by atoms with Gasteiger partial charge in [0.15, 0.2) is 0 Å². The van der Waals surface area contributed by atoms with Crippen LogP contribution in [0, 0.1) is 0 Å². The summed E-state index contributed by atoms with van der Waals surface area (Å²) in [6.45, 7) is 3.26. The molecule has 0 saturated heterocycles. The predicted octanol–water partition coefficient (Wildman–Crippen LogP) is 1.96. The molecular weight excluding hydrogens is 172 g/mol. The topological polar surface area (TPSA) is 15.6 Å². The molecule has 1 aromatic carbocycles. The largest absolute Gasteiger partial charge is 0.363 e. The molecule has 1 aliphatic heterocycles. The highest BCUT2D eigenvalue weighted by Gasteiger charge is 2.03. The van der Waals surface area contributed by atoms with Gasteiger partial charge < -0.3 is 4.90 Å². The first-order valence-electron chi connectivity index (χ1n) is 5.23. The van der Waals surface area contributed by atoms with Gasteiger partial charge in [-0.15, -0.1) is 0 Å². The van der Waals surface area contributed by atoms with Gasteiger partial charge in [0.05, 0.1) is 6.34 Å². The molecule has 0 bridgehead atoms. The highest BCUT2D eigenvalue weighted by Crippen LogP contribution is 2.02. The fourth-order valence-corrected chi connectivity index (χ4v) is 1.68. The third-order valence-corrected chi connectivity index (χ3v) is 2.51. The van der Waals surface area contributed by atoms with Crippen LogP contribution in [0.4, 0.5) is 0 Å². The zero-order chi connectivity index (χ0) is 9.64. The Kier molecular flexibility index (Phi) is 3.17. The molecule has 0 aromatic heterocycles. The molecule has 2 rings (SSSR count). The van der Waals surface area contributed by atoms with Crippen LogP contribution in [0.25, 0.3) is 0 Å². The van der Waals surface area contributed by atoms with E-state index in [4.69, 9.17) is 0 Å². The monoisotopic (exact) mass is 188 g/mol. The van der Waals surface area contributed by atoms with Gasteiger partial charge in [0.1, 0.15) is 0 Å². The molecule has 0 fully saturated rings. The minimum atomic E-state index is 1.00. The summed E-state index contributed by atoms with van der Waals surface area (Å²) in [4.78, 5) is 6.57. The third-order valence-electron chi connectivity index (χ3n) is 2.51. The Morgan fingerprint density at radius 2 is 2.07 bits per heavy atom. The lowest BCUT2D eigenvalue weighted by Gasteiger charge is -2.22. The normalized spacial score (nSPS) is 15.9. The molecule has 1 heterocycles. The molecule has 2 nitrogen and oxygen atoms in total. The number of benzene rings is 1. The minimum absolute atomic E-state index is 1.00. The Hall–Kier alpha value is -1.31. The molecule has 14 heavy (non-hydrogen) atoms. The minimum Gasteiger partial charge on any atom is -0.363 e. The maximum absolute atomic E-state index is 4.27. The van der Waals surface area contributed by atoms with Crippen LogP contribution in [0.1, 0.15) is 12.0 Å². The second-order valence-electron chi connectivity index (χ2n) is 3.65. The fourth-order valence-electron chi connectivity index (χ4n) is 1.68. The van der Waals surface area contributed by atoms with Crippen LogP contribution >= 0.6 is 0 Å². The quantitative estimate of drug-likeness (QED) is 0.708. The first-order chi connectivity index (χ1) is 6.95. The second kappa shape index (κ2) is 4.80. The van der Waals surface area contributed by atoms with Crippen LogP contribution in [0.15, 0.2) is 35.3 Å². The van der Waals surface area contributed by atoms with Gasteiger partial charge in [-0.05, 0) is 18.4 Å². The van der Waals surface area contributed by atoms with Crippen LogP contribution < -0.4 is 0 Å². The summed E-state index contributed by atoms with van der Waals surface area (Å²) in [7, 11) is 0. The molecule has 1 aliphatic rings. The molecule has 0 aliphatic carbocycles. The number of rotatable bonds is 3. The Bertz CT molecular complexity index is 292. The smallest absolute Gasteiger partial charge is 0.0849 e. The van der Waals surface area contributed by atoms with E-state index in [1.165, 1.54) is 12.0 Å². The lowest BCUT2D eigenvalue weighted by molar-refractivity contribution is 0.411. The van der Waals surface area contributed by atoms with Crippen LogP contribution in [0.2, 0.25) is 0 Å². The number of nitrogens with zero attached hydrogens (tertiary/aromatic N) is 2. The lowest BCUT2D eigenvalue weighted by atomic mass is 10.1. The van der Waals surface area contributed by atoms with E-state index in [9.17, 15) is 0 Å². The summed E-state index contributed by atoms with van der Waals surface area (Å²) >= 11 is 0. The van der Waals surface area contributed by atoms with Crippen molar-refractivity contribution in [3.8, 4) is 0 Å². The first-order valence-corrected chi connectivity index (χ1v) is 5.23. The highest BCUT2D eigenvalue weighted by atomic mass is 15.2. The van der Waals surface area contributed by atoms with Gasteiger partial charge >= 0.3 is 0 Å². The Morgan fingerprint density at radius 1 is 1.21 bits per heavy atom. The molecule has 0 saturated carbocycles. The van der Waals surface area contributed by atoms with Crippen molar-refractivity contribution in [2.24, 2.45) is 4.99 Å². The number of hydrogen-bond donors (Lipinski definition) is 0. The van der Waals surface area contributed by atoms with Gasteiger partial charge in [-0.1, -0.05) is 30.3 Å². The summed E-state index contributed by atoms with van der Waals surface area (Å²) in [5, 5.41) is 0. The Balaban J connectivity index is 1.82. The van der Waals surface area contributed by atoms with E-state index in [-0.39, 0.29) is 0 Å². The van der Waals surface area contributed by atoms with Crippen molar-refractivity contribution in [1.29, 1.82) is 0 Å². The lowest BCUT2D eigenvalue weighted by Crippen LogP contribution is -2.29. The molecule has 0 amide bonds. The summed E-state index contributed by atoms with van der Waals surface area (Å²) in [5.74, 6) is 0. The van der Waals surface area contributed by atoms with Crippen molar-refractivity contribution in [3.63, 3.8) is 0 Å². The van der Waals surface area contributed by atoms with E-state index < -0.39 is 0 Å². The van der Waals surface area contributed by atoms with Crippen LogP contribution in [-0.2, 0) is 6.42 Å². The molecule has 0 spiro atoms. The van der Waals surface area contributed by atoms with E-state index in [1.807, 2.05) is 6.34 Å². The average molecular weight is 188 g/mol. The Morgan fingerprint density at radius 3 is 2.79 bits per heavy atom. The molecule has 0 unspecified atom stereocenters. The standard InChI is InChI=1S/C12H16N2/c1-2-5-12(6-3-1)7-10-14-9-4-8-13-11-14/h1-3,5-6,11H,4,7-10H2.